The average molecular weight is 373 g/mol. The fourth-order valence-electron chi connectivity index (χ4n) is 3.81. The Morgan fingerprint density at radius 1 is 1.15 bits per heavy atom. The minimum Gasteiger partial charge on any atom is -0.376 e. The maximum atomic E-state index is 12.4. The summed E-state index contributed by atoms with van der Waals surface area (Å²) >= 11 is 0. The van der Waals surface area contributed by atoms with Crippen molar-refractivity contribution in [3.05, 3.63) is 54.6 Å². The lowest BCUT2D eigenvalue weighted by molar-refractivity contribution is 0.107. The zero-order valence-corrected chi connectivity index (χ0v) is 15.2. The van der Waals surface area contributed by atoms with Crippen molar-refractivity contribution in [3.8, 4) is 0 Å². The summed E-state index contributed by atoms with van der Waals surface area (Å²) in [7, 11) is 1.44. The van der Waals surface area contributed by atoms with Crippen LogP contribution in [-0.2, 0) is 24.8 Å². The van der Waals surface area contributed by atoms with E-state index in [1.54, 1.807) is 10.7 Å². The maximum absolute atomic E-state index is 12.4. The molecule has 4 rings (SSSR count). The summed E-state index contributed by atoms with van der Waals surface area (Å²) in [6, 6.07) is 3.26. The quantitative estimate of drug-likeness (QED) is 0.800. The topological polar surface area (TPSA) is 111 Å². The third-order valence-corrected chi connectivity index (χ3v) is 5.41. The molecule has 3 heterocycles. The molecule has 2 aromatic rings. The molecule has 9 heteroatoms. The van der Waals surface area contributed by atoms with Gasteiger partial charge in [0.25, 0.3) is 11.1 Å². The fraction of sp³-hybridized carbons (Fsp3) is 0.556. The van der Waals surface area contributed by atoms with Gasteiger partial charge in [0.2, 0.25) is 0 Å². The third-order valence-electron chi connectivity index (χ3n) is 5.41. The standard InChI is InChI=1S/C18H23N5O4/c1-22-16(24)9-15(20-18(22)26)19-12-2-4-13(5-3-12)23-17(25)8-11-10-27-7-6-14(11)21-23/h8-9,12-13,19H,2-7,10H2,1H3,(H,20,26). The minimum atomic E-state index is -0.438. The van der Waals surface area contributed by atoms with Gasteiger partial charge in [-0.1, -0.05) is 0 Å². The van der Waals surface area contributed by atoms with E-state index in [0.717, 1.165) is 47.9 Å². The van der Waals surface area contributed by atoms with Gasteiger partial charge in [-0.3, -0.25) is 19.1 Å². The fourth-order valence-corrected chi connectivity index (χ4v) is 3.81. The Morgan fingerprint density at radius 3 is 2.67 bits per heavy atom. The van der Waals surface area contributed by atoms with Crippen molar-refractivity contribution in [2.75, 3.05) is 11.9 Å². The largest absolute Gasteiger partial charge is 0.376 e. The summed E-state index contributed by atoms with van der Waals surface area (Å²) in [5, 5.41) is 7.82. The van der Waals surface area contributed by atoms with E-state index < -0.39 is 5.69 Å². The van der Waals surface area contributed by atoms with E-state index in [-0.39, 0.29) is 23.2 Å². The molecule has 2 N–H and O–H groups in total. The van der Waals surface area contributed by atoms with E-state index >= 15 is 0 Å². The van der Waals surface area contributed by atoms with Gasteiger partial charge in [-0.25, -0.2) is 9.48 Å². The summed E-state index contributed by atoms with van der Waals surface area (Å²) in [6.45, 7) is 1.10. The summed E-state index contributed by atoms with van der Waals surface area (Å²) in [4.78, 5) is 38.5. The smallest absolute Gasteiger partial charge is 0.329 e. The predicted octanol–water partition coefficient (Wildman–Crippen LogP) is 0.299. The zero-order chi connectivity index (χ0) is 19.0. The second-order valence-electron chi connectivity index (χ2n) is 7.24. The first-order valence-corrected chi connectivity index (χ1v) is 9.27. The summed E-state index contributed by atoms with van der Waals surface area (Å²) in [6.07, 6.45) is 4.03. The van der Waals surface area contributed by atoms with Crippen LogP contribution in [0.5, 0.6) is 0 Å². The van der Waals surface area contributed by atoms with Crippen LogP contribution in [0, 0.1) is 0 Å². The van der Waals surface area contributed by atoms with Crippen molar-refractivity contribution in [2.45, 2.75) is 50.8 Å². The number of nitrogens with one attached hydrogen (secondary N) is 2. The molecular weight excluding hydrogens is 350 g/mol. The predicted molar refractivity (Wildman–Crippen MR) is 99.1 cm³/mol. The van der Waals surface area contributed by atoms with Crippen LogP contribution in [0.4, 0.5) is 5.82 Å². The molecule has 0 saturated heterocycles. The van der Waals surface area contributed by atoms with Gasteiger partial charge in [-0.15, -0.1) is 0 Å². The van der Waals surface area contributed by atoms with Crippen LogP contribution >= 0.6 is 0 Å². The molecule has 0 spiro atoms. The number of H-pyrrole nitrogens is 1. The second-order valence-corrected chi connectivity index (χ2v) is 7.24. The molecule has 1 aliphatic heterocycles. The molecule has 144 valence electrons. The van der Waals surface area contributed by atoms with E-state index in [9.17, 15) is 14.4 Å². The third kappa shape index (κ3) is 3.59. The Hall–Kier alpha value is -2.68. The van der Waals surface area contributed by atoms with Gasteiger partial charge in [-0.05, 0) is 25.7 Å². The average Bonchev–Trinajstić information content (AvgIpc) is 2.66. The van der Waals surface area contributed by atoms with Crippen LogP contribution in [0.25, 0.3) is 0 Å². The monoisotopic (exact) mass is 373 g/mol. The van der Waals surface area contributed by atoms with Gasteiger partial charge in [0, 0.05) is 37.2 Å². The van der Waals surface area contributed by atoms with Crippen LogP contribution in [0.3, 0.4) is 0 Å². The second kappa shape index (κ2) is 7.15. The van der Waals surface area contributed by atoms with Crippen LogP contribution in [0.2, 0.25) is 0 Å². The van der Waals surface area contributed by atoms with Gasteiger partial charge < -0.3 is 10.1 Å². The number of fused-ring (bicyclic) bond motifs is 1. The van der Waals surface area contributed by atoms with Crippen LogP contribution in [0.15, 0.2) is 26.5 Å². The van der Waals surface area contributed by atoms with Crippen LogP contribution in [0.1, 0.15) is 43.0 Å². The van der Waals surface area contributed by atoms with Gasteiger partial charge in [0.1, 0.15) is 5.82 Å². The Labute approximate surface area is 155 Å². The lowest BCUT2D eigenvalue weighted by Crippen LogP contribution is -2.36. The molecule has 0 bridgehead atoms. The number of aromatic nitrogens is 4. The first kappa shape index (κ1) is 17.7. The van der Waals surface area contributed by atoms with Crippen molar-refractivity contribution < 1.29 is 4.74 Å². The SMILES string of the molecule is Cn1c(=O)cc(NC2CCC(n3nc4c(cc3=O)COCC4)CC2)[nH]c1=O. The molecule has 0 radical (unpaired) electrons. The van der Waals surface area contributed by atoms with Gasteiger partial charge >= 0.3 is 5.69 Å². The number of anilines is 1. The number of ether oxygens (including phenoxy) is 1. The van der Waals surface area contributed by atoms with E-state index in [4.69, 9.17) is 4.74 Å². The van der Waals surface area contributed by atoms with Crippen LogP contribution in [-0.4, -0.2) is 32.0 Å². The molecule has 0 atom stereocenters. The molecule has 9 nitrogen and oxygen atoms in total. The van der Waals surface area contributed by atoms with Crippen LogP contribution < -0.4 is 22.1 Å². The van der Waals surface area contributed by atoms with E-state index in [1.165, 1.54) is 13.1 Å². The number of nitrogens with zero attached hydrogens (tertiary/aromatic N) is 3. The van der Waals surface area contributed by atoms with Crippen molar-refractivity contribution in [2.24, 2.45) is 7.05 Å². The summed E-state index contributed by atoms with van der Waals surface area (Å²) in [5.41, 5.74) is 0.994. The Morgan fingerprint density at radius 2 is 1.93 bits per heavy atom. The van der Waals surface area contributed by atoms with Crippen molar-refractivity contribution >= 4 is 5.82 Å². The van der Waals surface area contributed by atoms with E-state index in [0.29, 0.717) is 19.0 Å². The number of rotatable bonds is 3. The maximum Gasteiger partial charge on any atom is 0.329 e. The Bertz CT molecular complexity index is 982. The Kier molecular flexibility index (Phi) is 4.69. The summed E-state index contributed by atoms with van der Waals surface area (Å²) in [5.74, 6) is 0.440. The molecule has 1 fully saturated rings. The van der Waals surface area contributed by atoms with Gasteiger partial charge in [-0.2, -0.15) is 5.10 Å². The highest BCUT2D eigenvalue weighted by Crippen LogP contribution is 2.28. The molecule has 2 aromatic heterocycles. The van der Waals surface area contributed by atoms with Gasteiger partial charge in [0.15, 0.2) is 0 Å². The number of hydrogen-bond acceptors (Lipinski definition) is 6. The van der Waals surface area contributed by atoms with E-state index in [2.05, 4.69) is 15.4 Å². The normalized spacial score (nSPS) is 22.3. The van der Waals surface area contributed by atoms with E-state index in [1.807, 2.05) is 0 Å². The number of hydrogen-bond donors (Lipinski definition) is 2. The zero-order valence-electron chi connectivity index (χ0n) is 15.2. The highest BCUT2D eigenvalue weighted by molar-refractivity contribution is 5.33. The molecule has 1 aliphatic carbocycles. The molecule has 2 aliphatic rings. The first-order valence-electron chi connectivity index (χ1n) is 9.27. The van der Waals surface area contributed by atoms with Gasteiger partial charge in [0.05, 0.1) is 24.9 Å². The molecule has 0 aromatic carbocycles. The molecule has 27 heavy (non-hydrogen) atoms. The van der Waals surface area contributed by atoms with Crippen molar-refractivity contribution in [3.63, 3.8) is 0 Å². The Balaban J connectivity index is 1.44. The summed E-state index contributed by atoms with van der Waals surface area (Å²) < 4.78 is 8.04. The number of aromatic amines is 1. The molecule has 1 saturated carbocycles. The van der Waals surface area contributed by atoms with Crippen molar-refractivity contribution in [1.29, 1.82) is 0 Å². The minimum absolute atomic E-state index is 0.0754. The molecule has 0 unspecified atom stereocenters. The highest BCUT2D eigenvalue weighted by Gasteiger charge is 2.25. The molecular formula is C18H23N5O4. The molecule has 0 amide bonds. The first-order chi connectivity index (χ1) is 13.0. The lowest BCUT2D eigenvalue weighted by Gasteiger charge is -2.30. The lowest BCUT2D eigenvalue weighted by atomic mass is 9.91. The van der Waals surface area contributed by atoms with Crippen molar-refractivity contribution in [1.82, 2.24) is 19.3 Å². The highest BCUT2D eigenvalue weighted by atomic mass is 16.5.